The van der Waals surface area contributed by atoms with E-state index in [0.29, 0.717) is 31.2 Å². The molecular formula is C19H16ClF3N4OS. The van der Waals surface area contributed by atoms with Crippen LogP contribution in [0, 0.1) is 6.92 Å². The number of rotatable bonds is 2. The molecule has 0 aliphatic carbocycles. The number of benzene rings is 1. The van der Waals surface area contributed by atoms with E-state index in [-0.39, 0.29) is 17.2 Å². The maximum absolute atomic E-state index is 12.8. The van der Waals surface area contributed by atoms with Gasteiger partial charge in [0, 0.05) is 31.2 Å². The van der Waals surface area contributed by atoms with Crippen LogP contribution in [0.4, 0.5) is 18.3 Å². The molecule has 0 bridgehead atoms. The molecule has 29 heavy (non-hydrogen) atoms. The summed E-state index contributed by atoms with van der Waals surface area (Å²) in [7, 11) is 0. The average molecular weight is 441 g/mol. The van der Waals surface area contributed by atoms with Crippen molar-refractivity contribution in [3.8, 4) is 0 Å². The highest BCUT2D eigenvalue weighted by atomic mass is 35.5. The van der Waals surface area contributed by atoms with Gasteiger partial charge in [0.1, 0.15) is 5.69 Å². The number of aryl methyl sites for hydroxylation is 1. The second-order valence-electron chi connectivity index (χ2n) is 6.71. The molecule has 1 aromatic carbocycles. The number of nitrogens with zero attached hydrogens (tertiary/aromatic N) is 4. The van der Waals surface area contributed by atoms with Gasteiger partial charge >= 0.3 is 6.18 Å². The van der Waals surface area contributed by atoms with E-state index >= 15 is 0 Å². The first-order chi connectivity index (χ1) is 13.7. The zero-order chi connectivity index (χ0) is 20.8. The smallest absolute Gasteiger partial charge is 0.345 e. The molecule has 1 amide bonds. The first-order valence-corrected chi connectivity index (χ1v) is 10.1. The predicted molar refractivity (Wildman–Crippen MR) is 107 cm³/mol. The molecule has 0 unspecified atom stereocenters. The fraction of sp³-hybridized carbons (Fsp3) is 0.316. The van der Waals surface area contributed by atoms with Crippen molar-refractivity contribution in [2.24, 2.45) is 0 Å². The zero-order valence-corrected chi connectivity index (χ0v) is 16.9. The van der Waals surface area contributed by atoms with E-state index in [4.69, 9.17) is 11.6 Å². The van der Waals surface area contributed by atoms with E-state index in [0.717, 1.165) is 21.4 Å². The summed E-state index contributed by atoms with van der Waals surface area (Å²) >= 11 is 7.57. The molecule has 1 aliphatic heterocycles. The van der Waals surface area contributed by atoms with Crippen molar-refractivity contribution >= 4 is 44.2 Å². The fourth-order valence-electron chi connectivity index (χ4n) is 3.24. The molecule has 2 aromatic heterocycles. The number of amides is 1. The Morgan fingerprint density at radius 2 is 1.83 bits per heavy atom. The van der Waals surface area contributed by atoms with Gasteiger partial charge in [-0.2, -0.15) is 13.2 Å². The Bertz CT molecular complexity index is 1080. The van der Waals surface area contributed by atoms with Crippen molar-refractivity contribution in [2.45, 2.75) is 13.1 Å². The highest BCUT2D eigenvalue weighted by molar-refractivity contribution is 7.22. The van der Waals surface area contributed by atoms with Crippen molar-refractivity contribution in [3.05, 3.63) is 52.3 Å². The van der Waals surface area contributed by atoms with Crippen molar-refractivity contribution in [1.82, 2.24) is 14.9 Å². The number of alkyl halides is 3. The lowest BCUT2D eigenvalue weighted by molar-refractivity contribution is -0.141. The van der Waals surface area contributed by atoms with Gasteiger partial charge in [-0.3, -0.25) is 4.79 Å². The summed E-state index contributed by atoms with van der Waals surface area (Å²) in [6.45, 7) is 3.51. The monoisotopic (exact) mass is 440 g/mol. The van der Waals surface area contributed by atoms with Crippen LogP contribution in [-0.2, 0) is 6.18 Å². The van der Waals surface area contributed by atoms with E-state index in [1.54, 1.807) is 22.3 Å². The lowest BCUT2D eigenvalue weighted by atomic mass is 10.1. The number of pyridine rings is 1. The Kier molecular flexibility index (Phi) is 5.12. The Hall–Kier alpha value is -2.39. The number of carbonyl (C=O) groups excluding carboxylic acids is 1. The number of fused-ring (bicyclic) bond motifs is 1. The zero-order valence-electron chi connectivity index (χ0n) is 15.3. The summed E-state index contributed by atoms with van der Waals surface area (Å²) in [5.41, 5.74) is 0.156. The molecule has 0 N–H and O–H groups in total. The quantitative estimate of drug-likeness (QED) is 0.582. The summed E-state index contributed by atoms with van der Waals surface area (Å²) < 4.78 is 39.3. The molecule has 10 heteroatoms. The highest BCUT2D eigenvalue weighted by Crippen LogP contribution is 2.32. The molecule has 1 fully saturated rings. The lowest BCUT2D eigenvalue weighted by Crippen LogP contribution is -2.49. The molecule has 5 nitrogen and oxygen atoms in total. The van der Waals surface area contributed by atoms with E-state index in [9.17, 15) is 18.0 Å². The molecule has 0 radical (unpaired) electrons. The molecule has 1 aliphatic rings. The van der Waals surface area contributed by atoms with E-state index < -0.39 is 11.9 Å². The topological polar surface area (TPSA) is 49.3 Å². The first-order valence-electron chi connectivity index (χ1n) is 8.87. The minimum absolute atomic E-state index is 0.0790. The van der Waals surface area contributed by atoms with Gasteiger partial charge in [0.2, 0.25) is 0 Å². The van der Waals surface area contributed by atoms with Gasteiger partial charge in [-0.05, 0) is 37.3 Å². The van der Waals surface area contributed by atoms with Gasteiger partial charge in [0.05, 0.1) is 21.5 Å². The van der Waals surface area contributed by atoms with Crippen molar-refractivity contribution in [1.29, 1.82) is 0 Å². The molecule has 0 atom stereocenters. The van der Waals surface area contributed by atoms with Gasteiger partial charge in [-0.25, -0.2) is 9.97 Å². The third kappa shape index (κ3) is 4.02. The number of piperazine rings is 1. The van der Waals surface area contributed by atoms with Crippen LogP contribution in [-0.4, -0.2) is 47.0 Å². The molecular weight excluding hydrogens is 425 g/mol. The minimum atomic E-state index is -4.53. The van der Waals surface area contributed by atoms with Gasteiger partial charge in [-0.15, -0.1) is 0 Å². The van der Waals surface area contributed by atoms with E-state index in [1.165, 1.54) is 13.0 Å². The lowest BCUT2D eigenvalue weighted by Gasteiger charge is -2.34. The number of carbonyl (C=O) groups is 1. The summed E-state index contributed by atoms with van der Waals surface area (Å²) in [6, 6.07) is 7.60. The molecule has 3 heterocycles. The fourth-order valence-corrected chi connectivity index (χ4v) is 4.53. The average Bonchev–Trinajstić information content (AvgIpc) is 3.10. The van der Waals surface area contributed by atoms with Crippen LogP contribution in [0.3, 0.4) is 0 Å². The van der Waals surface area contributed by atoms with Crippen molar-refractivity contribution < 1.29 is 18.0 Å². The molecule has 3 aromatic rings. The number of thiazole rings is 1. The van der Waals surface area contributed by atoms with E-state index in [2.05, 4.69) is 14.9 Å². The van der Waals surface area contributed by atoms with Gasteiger partial charge < -0.3 is 9.80 Å². The van der Waals surface area contributed by atoms with Crippen LogP contribution in [0.1, 0.15) is 21.7 Å². The summed E-state index contributed by atoms with van der Waals surface area (Å²) in [4.78, 5) is 24.7. The molecule has 1 saturated heterocycles. The maximum atomic E-state index is 12.8. The Labute approximate surface area is 173 Å². The normalized spacial score (nSPS) is 15.2. The highest BCUT2D eigenvalue weighted by Gasteiger charge is 2.33. The number of anilines is 1. The number of hydrogen-bond acceptors (Lipinski definition) is 5. The second kappa shape index (κ2) is 7.46. The number of hydrogen-bond donors (Lipinski definition) is 0. The summed E-state index contributed by atoms with van der Waals surface area (Å²) in [5.74, 6) is -0.306. The Morgan fingerprint density at radius 1 is 1.10 bits per heavy atom. The van der Waals surface area contributed by atoms with Crippen molar-refractivity contribution in [2.75, 3.05) is 31.1 Å². The minimum Gasteiger partial charge on any atom is -0.345 e. The van der Waals surface area contributed by atoms with Crippen molar-refractivity contribution in [3.63, 3.8) is 0 Å². The van der Waals surface area contributed by atoms with Gasteiger partial charge in [0.15, 0.2) is 5.13 Å². The van der Waals surface area contributed by atoms with Crippen LogP contribution in [0.2, 0.25) is 5.02 Å². The molecule has 152 valence electrons. The summed E-state index contributed by atoms with van der Waals surface area (Å²) in [5, 5.41) is 1.52. The maximum Gasteiger partial charge on any atom is 0.433 e. The van der Waals surface area contributed by atoms with Crippen LogP contribution in [0.5, 0.6) is 0 Å². The van der Waals surface area contributed by atoms with E-state index in [1.807, 2.05) is 12.1 Å². The molecule has 0 saturated carbocycles. The SMILES string of the molecule is Cc1nc(C(F)(F)F)ccc1C(=O)N1CCN(c2nc3ccc(Cl)cc3s2)CC1. The van der Waals surface area contributed by atoms with Crippen LogP contribution in [0.15, 0.2) is 30.3 Å². The standard InChI is InChI=1S/C19H16ClF3N4OS/c1-11-13(3-5-16(24-11)19(21,22)23)17(28)26-6-8-27(9-7-26)18-25-14-4-2-12(20)10-15(14)29-18/h2-5,10H,6-9H2,1H3. The molecule has 4 rings (SSSR count). The summed E-state index contributed by atoms with van der Waals surface area (Å²) in [6.07, 6.45) is -4.53. The van der Waals surface area contributed by atoms with Crippen LogP contribution >= 0.6 is 22.9 Å². The molecule has 0 spiro atoms. The predicted octanol–water partition coefficient (Wildman–Crippen LogP) is 4.63. The van der Waals surface area contributed by atoms with Crippen LogP contribution < -0.4 is 4.90 Å². The van der Waals surface area contributed by atoms with Gasteiger partial charge in [0.25, 0.3) is 5.91 Å². The first kappa shape index (κ1) is 19.9. The second-order valence-corrected chi connectivity index (χ2v) is 8.16. The van der Waals surface area contributed by atoms with Crippen LogP contribution in [0.25, 0.3) is 10.2 Å². The Morgan fingerprint density at radius 3 is 2.48 bits per heavy atom. The number of aromatic nitrogens is 2. The van der Waals surface area contributed by atoms with Gasteiger partial charge in [-0.1, -0.05) is 22.9 Å². The Balaban J connectivity index is 1.45. The number of halogens is 4. The largest absolute Gasteiger partial charge is 0.433 e. The third-order valence-corrected chi connectivity index (χ3v) is 6.10. The third-order valence-electron chi connectivity index (χ3n) is 4.78.